The number of anilines is 1. The molecule has 0 heterocycles. The van der Waals surface area contributed by atoms with Gasteiger partial charge in [-0.05, 0) is 18.2 Å². The van der Waals surface area contributed by atoms with Gasteiger partial charge in [0.1, 0.15) is 6.54 Å². The van der Waals surface area contributed by atoms with Crippen LogP contribution in [0, 0.1) is 0 Å². The molecule has 0 saturated carbocycles. The molecule has 0 aliphatic rings. The smallest absolute Gasteiger partial charge is 0.405 e. The number of hydrogen-bond donors (Lipinski definition) is 1. The van der Waals surface area contributed by atoms with Crippen molar-refractivity contribution in [2.45, 2.75) is 6.18 Å². The number of carboxylic acids is 1. The van der Waals surface area contributed by atoms with Crippen LogP contribution in [0.2, 0.25) is 0 Å². The summed E-state index contributed by atoms with van der Waals surface area (Å²) >= 11 is 3.09. The molecule has 0 bridgehead atoms. The summed E-state index contributed by atoms with van der Waals surface area (Å²) in [4.78, 5) is 11.7. The Kier molecular flexibility index (Phi) is 4.03. The van der Waals surface area contributed by atoms with Crippen LogP contribution in [-0.4, -0.2) is 30.8 Å². The van der Waals surface area contributed by atoms with E-state index < -0.39 is 18.7 Å². The molecule has 1 aromatic carbocycles. The fourth-order valence-electron chi connectivity index (χ4n) is 1.36. The zero-order valence-electron chi connectivity index (χ0n) is 8.75. The minimum atomic E-state index is -4.38. The molecule has 1 N–H and O–H groups in total. The van der Waals surface area contributed by atoms with E-state index in [0.29, 0.717) is 4.47 Å². The average molecular weight is 312 g/mol. The molecule has 7 heteroatoms. The van der Waals surface area contributed by atoms with E-state index in [2.05, 4.69) is 15.9 Å². The van der Waals surface area contributed by atoms with Crippen molar-refractivity contribution in [1.29, 1.82) is 0 Å². The number of alkyl halides is 3. The summed E-state index contributed by atoms with van der Waals surface area (Å²) in [5.74, 6) is -1.26. The number of rotatable bonds is 3. The number of hydrogen-bond acceptors (Lipinski definition) is 2. The van der Waals surface area contributed by atoms with Gasteiger partial charge in [0.15, 0.2) is 0 Å². The second kappa shape index (κ2) is 4.95. The Morgan fingerprint density at radius 1 is 1.47 bits per heavy atom. The van der Waals surface area contributed by atoms with Crippen LogP contribution < -0.4 is 4.90 Å². The van der Waals surface area contributed by atoms with Crippen molar-refractivity contribution in [2.24, 2.45) is 0 Å². The third-order valence-corrected chi connectivity index (χ3v) is 2.51. The summed E-state index contributed by atoms with van der Waals surface area (Å²) in [7, 11) is 1.20. The minimum Gasteiger partial charge on any atom is -0.478 e. The molecule has 0 atom stereocenters. The second-order valence-electron chi connectivity index (χ2n) is 3.44. The highest BCUT2D eigenvalue weighted by molar-refractivity contribution is 9.10. The fourth-order valence-corrected chi connectivity index (χ4v) is 1.70. The lowest BCUT2D eigenvalue weighted by Gasteiger charge is -2.22. The first kappa shape index (κ1) is 13.8. The van der Waals surface area contributed by atoms with Crippen molar-refractivity contribution in [2.75, 3.05) is 18.5 Å². The topological polar surface area (TPSA) is 40.5 Å². The molecule has 94 valence electrons. The third kappa shape index (κ3) is 3.92. The van der Waals surface area contributed by atoms with Crippen molar-refractivity contribution in [3.05, 3.63) is 28.2 Å². The van der Waals surface area contributed by atoms with Crippen LogP contribution in [0.4, 0.5) is 18.9 Å². The predicted molar refractivity (Wildman–Crippen MR) is 60.4 cm³/mol. The number of aromatic carboxylic acids is 1. The lowest BCUT2D eigenvalue weighted by molar-refractivity contribution is -0.119. The molecule has 0 unspecified atom stereocenters. The van der Waals surface area contributed by atoms with E-state index in [-0.39, 0.29) is 11.3 Å². The Balaban J connectivity index is 3.10. The summed E-state index contributed by atoms with van der Waals surface area (Å²) in [5.41, 5.74) is -0.149. The third-order valence-electron chi connectivity index (χ3n) is 2.02. The molecule has 0 aliphatic carbocycles. The van der Waals surface area contributed by atoms with Crippen molar-refractivity contribution in [3.8, 4) is 0 Å². The fraction of sp³-hybridized carbons (Fsp3) is 0.300. The summed E-state index contributed by atoms with van der Waals surface area (Å²) < 4.78 is 37.2. The summed E-state index contributed by atoms with van der Waals surface area (Å²) in [6.07, 6.45) is -4.38. The number of carboxylic acid groups (broad SMARTS) is 1. The summed E-state index contributed by atoms with van der Waals surface area (Å²) in [6.45, 7) is -1.20. The second-order valence-corrected chi connectivity index (χ2v) is 4.35. The Morgan fingerprint density at radius 3 is 2.53 bits per heavy atom. The van der Waals surface area contributed by atoms with Crippen LogP contribution in [0.15, 0.2) is 22.7 Å². The quantitative estimate of drug-likeness (QED) is 0.932. The lowest BCUT2D eigenvalue weighted by atomic mass is 10.1. The molecule has 0 aliphatic heterocycles. The Bertz CT molecular complexity index is 434. The van der Waals surface area contributed by atoms with Gasteiger partial charge in [0.25, 0.3) is 0 Å². The van der Waals surface area contributed by atoms with E-state index in [1.54, 1.807) is 0 Å². The monoisotopic (exact) mass is 311 g/mol. The van der Waals surface area contributed by atoms with Gasteiger partial charge in [-0.1, -0.05) is 15.9 Å². The zero-order valence-corrected chi connectivity index (χ0v) is 10.3. The lowest BCUT2D eigenvalue weighted by Crippen LogP contribution is -2.31. The largest absolute Gasteiger partial charge is 0.478 e. The van der Waals surface area contributed by atoms with Crippen LogP contribution >= 0.6 is 15.9 Å². The van der Waals surface area contributed by atoms with E-state index in [9.17, 15) is 18.0 Å². The SMILES string of the molecule is CN(CC(F)(F)F)c1cc(Br)ccc1C(=O)O. The maximum absolute atomic E-state index is 12.2. The highest BCUT2D eigenvalue weighted by Gasteiger charge is 2.30. The highest BCUT2D eigenvalue weighted by Crippen LogP contribution is 2.27. The van der Waals surface area contributed by atoms with Gasteiger partial charge in [0.05, 0.1) is 11.3 Å². The van der Waals surface area contributed by atoms with Gasteiger partial charge < -0.3 is 10.0 Å². The van der Waals surface area contributed by atoms with Gasteiger partial charge in [-0.15, -0.1) is 0 Å². The van der Waals surface area contributed by atoms with Crippen LogP contribution in [-0.2, 0) is 0 Å². The van der Waals surface area contributed by atoms with Crippen LogP contribution in [0.5, 0.6) is 0 Å². The van der Waals surface area contributed by atoms with Crippen molar-refractivity contribution < 1.29 is 23.1 Å². The van der Waals surface area contributed by atoms with Gasteiger partial charge in [-0.25, -0.2) is 4.79 Å². The van der Waals surface area contributed by atoms with E-state index in [1.807, 2.05) is 0 Å². The first-order valence-corrected chi connectivity index (χ1v) is 5.31. The maximum Gasteiger partial charge on any atom is 0.405 e. The Morgan fingerprint density at radius 2 is 2.06 bits per heavy atom. The van der Waals surface area contributed by atoms with Gasteiger partial charge in [0.2, 0.25) is 0 Å². The van der Waals surface area contributed by atoms with Gasteiger partial charge >= 0.3 is 12.1 Å². The molecule has 3 nitrogen and oxygen atoms in total. The van der Waals surface area contributed by atoms with Crippen molar-refractivity contribution in [1.82, 2.24) is 0 Å². The average Bonchev–Trinajstić information content (AvgIpc) is 2.14. The van der Waals surface area contributed by atoms with Gasteiger partial charge in [-0.2, -0.15) is 13.2 Å². The van der Waals surface area contributed by atoms with E-state index in [0.717, 1.165) is 4.90 Å². The Labute approximate surface area is 104 Å². The first-order chi connectivity index (χ1) is 7.70. The van der Waals surface area contributed by atoms with Crippen LogP contribution in [0.3, 0.4) is 0 Å². The number of carbonyl (C=O) groups is 1. The summed E-state index contributed by atoms with van der Waals surface area (Å²) in [5, 5.41) is 8.88. The molecule has 0 radical (unpaired) electrons. The standard InChI is InChI=1S/C10H9BrF3NO2/c1-15(5-10(12,13)14)8-4-6(11)2-3-7(8)9(16)17/h2-4H,5H2,1H3,(H,16,17). The normalized spacial score (nSPS) is 11.4. The highest BCUT2D eigenvalue weighted by atomic mass is 79.9. The van der Waals surface area contributed by atoms with Crippen LogP contribution in [0.25, 0.3) is 0 Å². The number of nitrogens with zero attached hydrogens (tertiary/aromatic N) is 1. The maximum atomic E-state index is 12.2. The Hall–Kier alpha value is -1.24. The zero-order chi connectivity index (χ0) is 13.2. The van der Waals surface area contributed by atoms with Crippen molar-refractivity contribution in [3.63, 3.8) is 0 Å². The van der Waals surface area contributed by atoms with Gasteiger partial charge in [-0.3, -0.25) is 0 Å². The molecule has 1 aromatic rings. The molecular formula is C10H9BrF3NO2. The molecule has 0 fully saturated rings. The van der Waals surface area contributed by atoms with Crippen LogP contribution in [0.1, 0.15) is 10.4 Å². The van der Waals surface area contributed by atoms with E-state index >= 15 is 0 Å². The van der Waals surface area contributed by atoms with Gasteiger partial charge in [0, 0.05) is 11.5 Å². The van der Waals surface area contributed by atoms with E-state index in [1.165, 1.54) is 25.2 Å². The number of halogens is 4. The molecule has 0 spiro atoms. The van der Waals surface area contributed by atoms with Crippen molar-refractivity contribution >= 4 is 27.6 Å². The predicted octanol–water partition coefficient (Wildman–Crippen LogP) is 3.15. The number of benzene rings is 1. The van der Waals surface area contributed by atoms with E-state index in [4.69, 9.17) is 5.11 Å². The first-order valence-electron chi connectivity index (χ1n) is 4.51. The molecule has 0 saturated heterocycles. The minimum absolute atomic E-state index is 0.0178. The molecule has 1 rings (SSSR count). The summed E-state index contributed by atoms with van der Waals surface area (Å²) in [6, 6.07) is 4.07. The molecule has 0 amide bonds. The molecular weight excluding hydrogens is 303 g/mol. The molecule has 0 aromatic heterocycles. The molecule has 17 heavy (non-hydrogen) atoms.